The Balaban J connectivity index is 2.28. The first-order chi connectivity index (χ1) is 8.10. The molecule has 0 radical (unpaired) electrons. The first-order valence-corrected chi connectivity index (χ1v) is 6.49. The molecule has 96 valence electrons. The van der Waals surface area contributed by atoms with Gasteiger partial charge in [-0.05, 0) is 33.2 Å². The Morgan fingerprint density at radius 1 is 1.59 bits per heavy atom. The largest absolute Gasteiger partial charge is 0.353 e. The highest BCUT2D eigenvalue weighted by molar-refractivity contribution is 5.80. The van der Waals surface area contributed by atoms with Crippen molar-refractivity contribution in [2.45, 2.75) is 51.6 Å². The summed E-state index contributed by atoms with van der Waals surface area (Å²) in [6, 6.07) is 3.10. The molecule has 0 spiro atoms. The molecule has 1 rings (SSSR count). The van der Waals surface area contributed by atoms with E-state index < -0.39 is 5.92 Å². The lowest BCUT2D eigenvalue weighted by atomic mass is 10.0. The maximum absolute atomic E-state index is 11.7. The van der Waals surface area contributed by atoms with Crippen LogP contribution in [-0.2, 0) is 4.79 Å². The average Bonchev–Trinajstić information content (AvgIpc) is 3.15. The molecule has 0 aromatic heterocycles. The highest BCUT2D eigenvalue weighted by Crippen LogP contribution is 2.26. The van der Waals surface area contributed by atoms with Crippen molar-refractivity contribution < 1.29 is 4.79 Å². The molecule has 2 unspecified atom stereocenters. The standard InChI is InChI=1S/C13H23N3O/c1-4-5-11(8-14)13(17)15-9-10(2)16(3)12-6-7-12/h10-12H,4-7,9H2,1-3H3,(H,15,17). The van der Waals surface area contributed by atoms with Crippen molar-refractivity contribution in [3.05, 3.63) is 0 Å². The van der Waals surface area contributed by atoms with Gasteiger partial charge in [-0.1, -0.05) is 13.3 Å². The summed E-state index contributed by atoms with van der Waals surface area (Å²) < 4.78 is 0. The fraction of sp³-hybridized carbons (Fsp3) is 0.846. The van der Waals surface area contributed by atoms with Gasteiger partial charge >= 0.3 is 0 Å². The van der Waals surface area contributed by atoms with Gasteiger partial charge in [0.15, 0.2) is 0 Å². The van der Waals surface area contributed by atoms with Crippen LogP contribution in [0.1, 0.15) is 39.5 Å². The monoisotopic (exact) mass is 237 g/mol. The van der Waals surface area contributed by atoms with Gasteiger partial charge in [-0.15, -0.1) is 0 Å². The minimum atomic E-state index is -0.488. The number of hydrogen-bond donors (Lipinski definition) is 1. The van der Waals surface area contributed by atoms with Crippen LogP contribution in [0.2, 0.25) is 0 Å². The summed E-state index contributed by atoms with van der Waals surface area (Å²) in [6.45, 7) is 4.73. The van der Waals surface area contributed by atoms with E-state index in [4.69, 9.17) is 5.26 Å². The molecule has 1 N–H and O–H groups in total. The smallest absolute Gasteiger partial charge is 0.237 e. The van der Waals surface area contributed by atoms with E-state index in [-0.39, 0.29) is 5.91 Å². The molecule has 4 heteroatoms. The number of amides is 1. The van der Waals surface area contributed by atoms with Gasteiger partial charge in [0.1, 0.15) is 5.92 Å². The SMILES string of the molecule is CCCC(C#N)C(=O)NCC(C)N(C)C1CC1. The second kappa shape index (κ2) is 6.61. The van der Waals surface area contributed by atoms with Crippen LogP contribution in [0.5, 0.6) is 0 Å². The molecule has 0 aromatic carbocycles. The Kier molecular flexibility index (Phi) is 5.43. The lowest BCUT2D eigenvalue weighted by Gasteiger charge is -2.25. The van der Waals surface area contributed by atoms with Crippen molar-refractivity contribution in [2.75, 3.05) is 13.6 Å². The molecule has 4 nitrogen and oxygen atoms in total. The Hall–Kier alpha value is -1.08. The molecule has 0 bridgehead atoms. The highest BCUT2D eigenvalue weighted by atomic mass is 16.1. The Morgan fingerprint density at radius 3 is 2.71 bits per heavy atom. The van der Waals surface area contributed by atoms with Crippen LogP contribution in [0, 0.1) is 17.2 Å². The molecule has 1 aliphatic rings. The predicted octanol–water partition coefficient (Wildman–Crippen LogP) is 1.53. The first kappa shape index (κ1) is 14.0. The Bertz CT molecular complexity index is 294. The van der Waals surface area contributed by atoms with Gasteiger partial charge in [0.25, 0.3) is 0 Å². The summed E-state index contributed by atoms with van der Waals surface area (Å²) in [5.41, 5.74) is 0. The predicted molar refractivity (Wildman–Crippen MR) is 67.3 cm³/mol. The minimum absolute atomic E-state index is 0.120. The van der Waals surface area contributed by atoms with Crippen molar-refractivity contribution in [3.63, 3.8) is 0 Å². The van der Waals surface area contributed by atoms with Crippen LogP contribution < -0.4 is 5.32 Å². The summed E-state index contributed by atoms with van der Waals surface area (Å²) >= 11 is 0. The van der Waals surface area contributed by atoms with Gasteiger partial charge in [0, 0.05) is 18.6 Å². The van der Waals surface area contributed by atoms with Crippen molar-refractivity contribution in [3.8, 4) is 6.07 Å². The fourth-order valence-corrected chi connectivity index (χ4v) is 1.90. The molecule has 2 atom stereocenters. The van der Waals surface area contributed by atoms with E-state index in [2.05, 4.69) is 30.3 Å². The van der Waals surface area contributed by atoms with Gasteiger partial charge in [-0.25, -0.2) is 0 Å². The topological polar surface area (TPSA) is 56.1 Å². The van der Waals surface area contributed by atoms with Gasteiger partial charge in [0.05, 0.1) is 6.07 Å². The fourth-order valence-electron chi connectivity index (χ4n) is 1.90. The lowest BCUT2D eigenvalue weighted by Crippen LogP contribution is -2.42. The van der Waals surface area contributed by atoms with Gasteiger partial charge in [-0.3, -0.25) is 9.69 Å². The molecule has 17 heavy (non-hydrogen) atoms. The average molecular weight is 237 g/mol. The van der Waals surface area contributed by atoms with Crippen LogP contribution in [0.4, 0.5) is 0 Å². The molecular formula is C13H23N3O. The zero-order valence-corrected chi connectivity index (χ0v) is 11.1. The summed E-state index contributed by atoms with van der Waals surface area (Å²) in [5.74, 6) is -0.608. The number of nitrogens with one attached hydrogen (secondary N) is 1. The van der Waals surface area contributed by atoms with E-state index >= 15 is 0 Å². The summed E-state index contributed by atoms with van der Waals surface area (Å²) in [6.07, 6.45) is 4.05. The number of carbonyl (C=O) groups is 1. The zero-order chi connectivity index (χ0) is 12.8. The Morgan fingerprint density at radius 2 is 2.24 bits per heavy atom. The second-order valence-corrected chi connectivity index (χ2v) is 4.96. The third kappa shape index (κ3) is 4.35. The van der Waals surface area contributed by atoms with E-state index in [1.807, 2.05) is 6.92 Å². The van der Waals surface area contributed by atoms with Crippen molar-refractivity contribution in [1.29, 1.82) is 5.26 Å². The normalized spacial score (nSPS) is 18.5. The van der Waals surface area contributed by atoms with Crippen LogP contribution in [0.3, 0.4) is 0 Å². The second-order valence-electron chi connectivity index (χ2n) is 4.96. The maximum Gasteiger partial charge on any atom is 0.237 e. The minimum Gasteiger partial charge on any atom is -0.353 e. The molecule has 1 aliphatic carbocycles. The quantitative estimate of drug-likeness (QED) is 0.730. The van der Waals surface area contributed by atoms with Crippen molar-refractivity contribution in [2.24, 2.45) is 5.92 Å². The van der Waals surface area contributed by atoms with Crippen LogP contribution in [-0.4, -0.2) is 36.5 Å². The van der Waals surface area contributed by atoms with E-state index in [1.165, 1.54) is 12.8 Å². The van der Waals surface area contributed by atoms with Gasteiger partial charge < -0.3 is 5.32 Å². The maximum atomic E-state index is 11.7. The zero-order valence-electron chi connectivity index (χ0n) is 11.1. The Labute approximate surface area is 104 Å². The number of hydrogen-bond acceptors (Lipinski definition) is 3. The van der Waals surface area contributed by atoms with Crippen LogP contribution in [0.15, 0.2) is 0 Å². The van der Waals surface area contributed by atoms with Gasteiger partial charge in [-0.2, -0.15) is 5.26 Å². The molecular weight excluding hydrogens is 214 g/mol. The molecule has 0 heterocycles. The first-order valence-electron chi connectivity index (χ1n) is 6.49. The molecule has 1 saturated carbocycles. The molecule has 0 saturated heterocycles. The van der Waals surface area contributed by atoms with Crippen molar-refractivity contribution in [1.82, 2.24) is 10.2 Å². The molecule has 0 aromatic rings. The van der Waals surface area contributed by atoms with E-state index in [9.17, 15) is 4.79 Å². The number of nitrogens with zero attached hydrogens (tertiary/aromatic N) is 2. The lowest BCUT2D eigenvalue weighted by molar-refractivity contribution is -0.123. The van der Waals surface area contributed by atoms with E-state index in [1.54, 1.807) is 0 Å². The van der Waals surface area contributed by atoms with Gasteiger partial charge in [0.2, 0.25) is 5.91 Å². The number of carbonyl (C=O) groups excluding carboxylic acids is 1. The highest BCUT2D eigenvalue weighted by Gasteiger charge is 2.29. The van der Waals surface area contributed by atoms with Crippen LogP contribution in [0.25, 0.3) is 0 Å². The molecule has 1 amide bonds. The third-order valence-corrected chi connectivity index (χ3v) is 3.44. The summed E-state index contributed by atoms with van der Waals surface area (Å²) in [7, 11) is 2.10. The molecule has 1 fully saturated rings. The summed E-state index contributed by atoms with van der Waals surface area (Å²) in [5, 5.41) is 11.8. The third-order valence-electron chi connectivity index (χ3n) is 3.44. The summed E-state index contributed by atoms with van der Waals surface area (Å²) in [4.78, 5) is 14.0. The number of rotatable bonds is 7. The van der Waals surface area contributed by atoms with E-state index in [0.717, 1.165) is 6.42 Å². The van der Waals surface area contributed by atoms with Crippen LogP contribution >= 0.6 is 0 Å². The van der Waals surface area contributed by atoms with E-state index in [0.29, 0.717) is 25.0 Å². The van der Waals surface area contributed by atoms with Crippen molar-refractivity contribution >= 4 is 5.91 Å². The number of nitriles is 1. The number of likely N-dealkylation sites (N-methyl/N-ethyl adjacent to an activating group) is 1. The molecule has 0 aliphatic heterocycles.